The first-order valence-electron chi connectivity index (χ1n) is 5.61. The van der Waals surface area contributed by atoms with Crippen LogP contribution >= 0.6 is 11.6 Å². The molecule has 1 aromatic heterocycles. The van der Waals surface area contributed by atoms with E-state index in [2.05, 4.69) is 10.3 Å². The molecular weight excluding hydrogens is 248 g/mol. The minimum Gasteiger partial charge on any atom is -0.310 e. The Morgan fingerprint density at radius 1 is 1.33 bits per heavy atom. The number of hydrogen-bond donors (Lipinski definition) is 1. The van der Waals surface area contributed by atoms with Crippen molar-refractivity contribution in [3.63, 3.8) is 0 Å². The van der Waals surface area contributed by atoms with Crippen LogP contribution in [0.1, 0.15) is 11.1 Å². The van der Waals surface area contributed by atoms with Gasteiger partial charge in [-0.3, -0.25) is 4.79 Å². The van der Waals surface area contributed by atoms with E-state index in [0.717, 1.165) is 11.1 Å². The van der Waals surface area contributed by atoms with E-state index in [1.807, 2.05) is 31.2 Å². The summed E-state index contributed by atoms with van der Waals surface area (Å²) in [7, 11) is 0. The lowest BCUT2D eigenvalue weighted by molar-refractivity contribution is -0.115. The number of rotatable bonds is 3. The van der Waals surface area contributed by atoms with Gasteiger partial charge in [0, 0.05) is 11.2 Å². The van der Waals surface area contributed by atoms with E-state index in [1.54, 1.807) is 18.3 Å². The molecule has 2 aromatic rings. The Bertz CT molecular complexity index is 569. The lowest BCUT2D eigenvalue weighted by atomic mass is 10.1. The molecule has 4 heteroatoms. The van der Waals surface area contributed by atoms with Crippen molar-refractivity contribution < 1.29 is 4.79 Å². The maximum absolute atomic E-state index is 11.9. The van der Waals surface area contributed by atoms with Crippen LogP contribution in [0.4, 0.5) is 5.82 Å². The molecule has 3 nitrogen and oxygen atoms in total. The smallest absolute Gasteiger partial charge is 0.229 e. The molecule has 0 saturated heterocycles. The van der Waals surface area contributed by atoms with Crippen LogP contribution in [0.25, 0.3) is 0 Å². The normalized spacial score (nSPS) is 10.1. The van der Waals surface area contributed by atoms with Crippen LogP contribution in [0, 0.1) is 6.92 Å². The molecule has 0 aliphatic rings. The van der Waals surface area contributed by atoms with Gasteiger partial charge in [0.1, 0.15) is 5.82 Å². The highest BCUT2D eigenvalue weighted by atomic mass is 35.5. The second kappa shape index (κ2) is 5.65. The van der Waals surface area contributed by atoms with Gasteiger partial charge in [-0.15, -0.1) is 0 Å². The third-order valence-corrected chi connectivity index (χ3v) is 2.76. The molecule has 1 N–H and O–H groups in total. The van der Waals surface area contributed by atoms with Crippen LogP contribution in [0.2, 0.25) is 5.02 Å². The number of carbonyl (C=O) groups excluding carboxylic acids is 1. The first-order valence-corrected chi connectivity index (χ1v) is 5.99. The van der Waals surface area contributed by atoms with E-state index in [-0.39, 0.29) is 12.3 Å². The molecule has 0 bridgehead atoms. The van der Waals surface area contributed by atoms with Crippen molar-refractivity contribution in [3.05, 3.63) is 58.7 Å². The standard InChI is InChI=1S/C14H13ClN2O/c1-10-4-3-7-16-14(10)17-13(18)9-11-5-2-6-12(15)8-11/h2-8H,9H2,1H3,(H,16,17,18). The van der Waals surface area contributed by atoms with Crippen molar-refractivity contribution in [1.29, 1.82) is 0 Å². The van der Waals surface area contributed by atoms with Gasteiger partial charge in [-0.1, -0.05) is 29.8 Å². The molecule has 2 rings (SSSR count). The van der Waals surface area contributed by atoms with Gasteiger partial charge < -0.3 is 5.32 Å². The highest BCUT2D eigenvalue weighted by molar-refractivity contribution is 6.30. The van der Waals surface area contributed by atoms with Gasteiger partial charge >= 0.3 is 0 Å². The quantitative estimate of drug-likeness (QED) is 0.921. The zero-order valence-electron chi connectivity index (χ0n) is 9.98. The maximum atomic E-state index is 11.9. The van der Waals surface area contributed by atoms with E-state index < -0.39 is 0 Å². The zero-order valence-corrected chi connectivity index (χ0v) is 10.7. The molecule has 0 radical (unpaired) electrons. The number of pyridine rings is 1. The van der Waals surface area contributed by atoms with Crippen LogP contribution in [0.3, 0.4) is 0 Å². The fourth-order valence-electron chi connectivity index (χ4n) is 1.63. The molecule has 0 spiro atoms. The molecule has 92 valence electrons. The molecule has 0 saturated carbocycles. The van der Waals surface area contributed by atoms with Crippen molar-refractivity contribution in [2.75, 3.05) is 5.32 Å². The van der Waals surface area contributed by atoms with Crippen molar-refractivity contribution in [1.82, 2.24) is 4.98 Å². The van der Waals surface area contributed by atoms with Crippen LogP contribution < -0.4 is 5.32 Å². The lowest BCUT2D eigenvalue weighted by Gasteiger charge is -2.07. The monoisotopic (exact) mass is 260 g/mol. The summed E-state index contributed by atoms with van der Waals surface area (Å²) < 4.78 is 0. The van der Waals surface area contributed by atoms with E-state index in [1.165, 1.54) is 0 Å². The molecule has 0 aliphatic heterocycles. The largest absolute Gasteiger partial charge is 0.310 e. The minimum absolute atomic E-state index is 0.0981. The summed E-state index contributed by atoms with van der Waals surface area (Å²) in [5.74, 6) is 0.503. The Morgan fingerprint density at radius 3 is 2.89 bits per heavy atom. The summed E-state index contributed by atoms with van der Waals surface area (Å²) in [5.41, 5.74) is 1.82. The van der Waals surface area contributed by atoms with Crippen LogP contribution in [-0.2, 0) is 11.2 Å². The molecule has 1 amide bonds. The molecule has 1 aromatic carbocycles. The number of amides is 1. The van der Waals surface area contributed by atoms with Gasteiger partial charge in [0.15, 0.2) is 0 Å². The predicted octanol–water partition coefficient (Wildman–Crippen LogP) is 3.22. The lowest BCUT2D eigenvalue weighted by Crippen LogP contribution is -2.16. The fraction of sp³-hybridized carbons (Fsp3) is 0.143. The topological polar surface area (TPSA) is 42.0 Å². The third-order valence-electron chi connectivity index (χ3n) is 2.52. The van der Waals surface area contributed by atoms with Crippen molar-refractivity contribution in [2.45, 2.75) is 13.3 Å². The highest BCUT2D eigenvalue weighted by Crippen LogP contribution is 2.13. The summed E-state index contributed by atoms with van der Waals surface area (Å²) in [5, 5.41) is 3.42. The summed E-state index contributed by atoms with van der Waals surface area (Å²) in [6.45, 7) is 1.90. The Hall–Kier alpha value is -1.87. The zero-order chi connectivity index (χ0) is 13.0. The molecule has 0 atom stereocenters. The number of carbonyl (C=O) groups is 1. The van der Waals surface area contributed by atoms with E-state index in [4.69, 9.17) is 11.6 Å². The summed E-state index contributed by atoms with van der Waals surface area (Å²) in [6, 6.07) is 11.0. The minimum atomic E-state index is -0.0981. The molecule has 0 unspecified atom stereocenters. The molecule has 18 heavy (non-hydrogen) atoms. The number of benzene rings is 1. The molecule has 0 fully saturated rings. The summed E-state index contributed by atoms with van der Waals surface area (Å²) >= 11 is 5.87. The number of aryl methyl sites for hydroxylation is 1. The maximum Gasteiger partial charge on any atom is 0.229 e. The summed E-state index contributed by atoms with van der Waals surface area (Å²) in [6.07, 6.45) is 1.94. The average Bonchev–Trinajstić information content (AvgIpc) is 2.32. The van der Waals surface area contributed by atoms with Crippen LogP contribution in [0.5, 0.6) is 0 Å². The van der Waals surface area contributed by atoms with Crippen molar-refractivity contribution in [2.24, 2.45) is 0 Å². The Balaban J connectivity index is 2.03. The second-order valence-electron chi connectivity index (χ2n) is 4.02. The van der Waals surface area contributed by atoms with Gasteiger partial charge in [-0.05, 0) is 36.2 Å². The molecular formula is C14H13ClN2O. The van der Waals surface area contributed by atoms with E-state index in [9.17, 15) is 4.79 Å². The van der Waals surface area contributed by atoms with E-state index in [0.29, 0.717) is 10.8 Å². The number of nitrogens with one attached hydrogen (secondary N) is 1. The van der Waals surface area contributed by atoms with Gasteiger partial charge in [0.05, 0.1) is 6.42 Å². The van der Waals surface area contributed by atoms with Crippen LogP contribution in [0.15, 0.2) is 42.6 Å². The second-order valence-corrected chi connectivity index (χ2v) is 4.46. The Morgan fingerprint density at radius 2 is 2.17 bits per heavy atom. The number of nitrogens with zero attached hydrogens (tertiary/aromatic N) is 1. The average molecular weight is 261 g/mol. The number of aromatic nitrogens is 1. The van der Waals surface area contributed by atoms with Gasteiger partial charge in [0.25, 0.3) is 0 Å². The summed E-state index contributed by atoms with van der Waals surface area (Å²) in [4.78, 5) is 16.0. The first-order chi connectivity index (χ1) is 8.65. The highest BCUT2D eigenvalue weighted by Gasteiger charge is 2.06. The predicted molar refractivity (Wildman–Crippen MR) is 72.8 cm³/mol. The van der Waals surface area contributed by atoms with E-state index >= 15 is 0 Å². The number of halogens is 1. The SMILES string of the molecule is Cc1cccnc1NC(=O)Cc1cccc(Cl)c1. The molecule has 1 heterocycles. The Labute approximate surface area is 111 Å². The first kappa shape index (κ1) is 12.6. The molecule has 0 aliphatic carbocycles. The van der Waals surface area contributed by atoms with Crippen molar-refractivity contribution in [3.8, 4) is 0 Å². The Kier molecular flexibility index (Phi) is 3.95. The van der Waals surface area contributed by atoms with Gasteiger partial charge in [-0.2, -0.15) is 0 Å². The van der Waals surface area contributed by atoms with Crippen LogP contribution in [-0.4, -0.2) is 10.9 Å². The van der Waals surface area contributed by atoms with Gasteiger partial charge in [0.2, 0.25) is 5.91 Å². The van der Waals surface area contributed by atoms with Gasteiger partial charge in [-0.25, -0.2) is 4.98 Å². The fourth-order valence-corrected chi connectivity index (χ4v) is 1.84. The van der Waals surface area contributed by atoms with Crippen molar-refractivity contribution >= 4 is 23.3 Å². The third kappa shape index (κ3) is 3.31. The number of anilines is 1. The number of hydrogen-bond acceptors (Lipinski definition) is 2.